The van der Waals surface area contributed by atoms with Crippen molar-refractivity contribution >= 4 is 18.3 Å². The Kier molecular flexibility index (Phi) is 4.32. The van der Waals surface area contributed by atoms with Crippen molar-refractivity contribution in [1.82, 2.24) is 4.90 Å². The van der Waals surface area contributed by atoms with Gasteiger partial charge < -0.3 is 20.1 Å². The van der Waals surface area contributed by atoms with Crippen molar-refractivity contribution in [2.45, 2.75) is 31.2 Å². The quantitative estimate of drug-likeness (QED) is 0.873. The monoisotopic (exact) mass is 364 g/mol. The molecule has 6 heteroatoms. The summed E-state index contributed by atoms with van der Waals surface area (Å²) in [6.07, 6.45) is 3.27. The lowest BCUT2D eigenvalue weighted by Gasteiger charge is -2.20. The fourth-order valence-corrected chi connectivity index (χ4v) is 4.85. The number of likely N-dealkylation sites (tertiary alicyclic amines) is 1. The molecule has 0 aromatic heterocycles. The summed E-state index contributed by atoms with van der Waals surface area (Å²) in [5.41, 5.74) is 7.40. The van der Waals surface area contributed by atoms with E-state index in [1.54, 1.807) is 0 Å². The number of fused-ring (bicyclic) bond motifs is 2. The smallest absolute Gasteiger partial charge is 0.226 e. The molecule has 1 saturated heterocycles. The molecule has 3 fully saturated rings. The molecule has 0 radical (unpaired) electrons. The highest BCUT2D eigenvalue weighted by Crippen LogP contribution is 2.51. The van der Waals surface area contributed by atoms with E-state index in [0.29, 0.717) is 42.9 Å². The van der Waals surface area contributed by atoms with Crippen LogP contribution in [0.4, 0.5) is 0 Å². The number of carbonyl (C=O) groups is 1. The Hall–Kier alpha value is -1.46. The number of hydrogen-bond donors (Lipinski definition) is 1. The average molecular weight is 365 g/mol. The van der Waals surface area contributed by atoms with Crippen molar-refractivity contribution in [3.8, 4) is 11.5 Å². The number of amides is 1. The summed E-state index contributed by atoms with van der Waals surface area (Å²) in [6, 6.07) is 6.41. The molecular formula is C19H25ClN2O3. The minimum Gasteiger partial charge on any atom is -0.486 e. The molecule has 5 atom stereocenters. The van der Waals surface area contributed by atoms with Gasteiger partial charge in [0.25, 0.3) is 0 Å². The molecule has 1 aromatic carbocycles. The van der Waals surface area contributed by atoms with Crippen LogP contribution in [0.15, 0.2) is 18.2 Å². The maximum absolute atomic E-state index is 12.8. The third-order valence-corrected chi connectivity index (χ3v) is 6.33. The van der Waals surface area contributed by atoms with Crippen LogP contribution in [-0.2, 0) is 4.79 Å². The van der Waals surface area contributed by atoms with Gasteiger partial charge in [-0.1, -0.05) is 6.07 Å². The van der Waals surface area contributed by atoms with E-state index in [-0.39, 0.29) is 18.3 Å². The van der Waals surface area contributed by atoms with Crippen LogP contribution in [0.2, 0.25) is 0 Å². The molecule has 2 aliphatic heterocycles. The van der Waals surface area contributed by atoms with E-state index in [0.717, 1.165) is 37.4 Å². The van der Waals surface area contributed by atoms with Gasteiger partial charge in [-0.05, 0) is 54.7 Å². The van der Waals surface area contributed by atoms with Crippen LogP contribution in [-0.4, -0.2) is 43.2 Å². The molecule has 1 amide bonds. The Labute approximate surface area is 154 Å². The predicted molar refractivity (Wildman–Crippen MR) is 96.3 cm³/mol. The topological polar surface area (TPSA) is 64.8 Å². The zero-order valence-corrected chi connectivity index (χ0v) is 15.0. The minimum atomic E-state index is 0. The Morgan fingerprint density at radius 1 is 1.12 bits per heavy atom. The van der Waals surface area contributed by atoms with E-state index in [1.165, 1.54) is 12.0 Å². The molecule has 2 heterocycles. The lowest BCUT2D eigenvalue weighted by atomic mass is 9.98. The standard InChI is InChI=1S/C19H24N2O3.ClH/c20-16-3-1-12-9-21(10-15(12)16)19(22)14-8-13(14)11-2-4-17-18(7-11)24-6-5-23-17;/h2,4,7,12-16H,1,3,5-6,8-10,20H2;1H. The number of hydrogen-bond acceptors (Lipinski definition) is 4. The largest absolute Gasteiger partial charge is 0.486 e. The van der Waals surface area contributed by atoms with Gasteiger partial charge in [-0.15, -0.1) is 12.4 Å². The van der Waals surface area contributed by atoms with Crippen LogP contribution in [0.25, 0.3) is 0 Å². The number of nitrogens with zero attached hydrogens (tertiary/aromatic N) is 1. The maximum atomic E-state index is 12.8. The van der Waals surface area contributed by atoms with Gasteiger partial charge in [-0.3, -0.25) is 4.79 Å². The molecule has 2 aliphatic carbocycles. The first-order valence-corrected chi connectivity index (χ1v) is 9.14. The van der Waals surface area contributed by atoms with E-state index in [1.807, 2.05) is 6.07 Å². The summed E-state index contributed by atoms with van der Waals surface area (Å²) in [5, 5.41) is 0. The fraction of sp³-hybridized carbons (Fsp3) is 0.632. The van der Waals surface area contributed by atoms with Gasteiger partial charge in [0.2, 0.25) is 5.91 Å². The van der Waals surface area contributed by atoms with Crippen molar-refractivity contribution in [3.05, 3.63) is 23.8 Å². The van der Waals surface area contributed by atoms with E-state index in [9.17, 15) is 4.79 Å². The number of benzene rings is 1. The Balaban J connectivity index is 0.00000157. The second-order valence-electron chi connectivity index (χ2n) is 7.76. The highest BCUT2D eigenvalue weighted by Gasteiger charge is 2.50. The van der Waals surface area contributed by atoms with Crippen LogP contribution in [0.5, 0.6) is 11.5 Å². The summed E-state index contributed by atoms with van der Waals surface area (Å²) in [5.74, 6) is 3.60. The highest BCUT2D eigenvalue weighted by atomic mass is 35.5. The zero-order valence-electron chi connectivity index (χ0n) is 14.2. The first kappa shape index (κ1) is 17.0. The van der Waals surface area contributed by atoms with E-state index >= 15 is 0 Å². The number of nitrogens with two attached hydrogens (primary N) is 1. The molecule has 4 aliphatic rings. The van der Waals surface area contributed by atoms with Crippen LogP contribution in [0.1, 0.15) is 30.7 Å². The van der Waals surface area contributed by atoms with Crippen molar-refractivity contribution in [3.63, 3.8) is 0 Å². The molecule has 5 nitrogen and oxygen atoms in total. The second-order valence-corrected chi connectivity index (χ2v) is 7.76. The normalized spacial score (nSPS) is 35.1. The molecule has 5 rings (SSSR count). The lowest BCUT2D eigenvalue weighted by molar-refractivity contribution is -0.131. The Bertz CT molecular complexity index is 683. The maximum Gasteiger partial charge on any atom is 0.226 e. The molecule has 1 aromatic rings. The van der Waals surface area contributed by atoms with Crippen molar-refractivity contribution in [1.29, 1.82) is 0 Å². The molecule has 0 spiro atoms. The summed E-state index contributed by atoms with van der Waals surface area (Å²) in [4.78, 5) is 14.9. The van der Waals surface area contributed by atoms with Gasteiger partial charge in [0.1, 0.15) is 13.2 Å². The van der Waals surface area contributed by atoms with Gasteiger partial charge in [0.15, 0.2) is 11.5 Å². The van der Waals surface area contributed by atoms with E-state index in [2.05, 4.69) is 17.0 Å². The fourth-order valence-electron chi connectivity index (χ4n) is 4.85. The van der Waals surface area contributed by atoms with Crippen LogP contribution >= 0.6 is 12.4 Å². The zero-order chi connectivity index (χ0) is 16.3. The summed E-state index contributed by atoms with van der Waals surface area (Å²) in [7, 11) is 0. The third kappa shape index (κ3) is 2.87. The molecule has 25 heavy (non-hydrogen) atoms. The summed E-state index contributed by atoms with van der Waals surface area (Å²) >= 11 is 0. The molecule has 0 bridgehead atoms. The summed E-state index contributed by atoms with van der Waals surface area (Å²) in [6.45, 7) is 2.99. The van der Waals surface area contributed by atoms with Crippen LogP contribution in [0.3, 0.4) is 0 Å². The number of ether oxygens (including phenoxy) is 2. The predicted octanol–water partition coefficient (Wildman–Crippen LogP) is 2.18. The first-order valence-electron chi connectivity index (χ1n) is 9.14. The number of rotatable bonds is 2. The van der Waals surface area contributed by atoms with Gasteiger partial charge in [-0.2, -0.15) is 0 Å². The minimum absolute atomic E-state index is 0. The van der Waals surface area contributed by atoms with E-state index in [4.69, 9.17) is 15.2 Å². The molecule has 2 saturated carbocycles. The molecule has 5 unspecified atom stereocenters. The number of carbonyl (C=O) groups excluding carboxylic acids is 1. The van der Waals surface area contributed by atoms with Crippen molar-refractivity contribution in [2.24, 2.45) is 23.5 Å². The lowest BCUT2D eigenvalue weighted by Crippen LogP contribution is -2.34. The van der Waals surface area contributed by atoms with E-state index < -0.39 is 0 Å². The van der Waals surface area contributed by atoms with Gasteiger partial charge in [-0.25, -0.2) is 0 Å². The SMILES string of the molecule is Cl.NC1CCC2CN(C(=O)C3CC3c3ccc4c(c3)OCCO4)CC12. The van der Waals surface area contributed by atoms with Crippen LogP contribution in [0, 0.1) is 17.8 Å². The third-order valence-electron chi connectivity index (χ3n) is 6.33. The molecule has 2 N–H and O–H groups in total. The first-order chi connectivity index (χ1) is 11.7. The average Bonchev–Trinajstić information content (AvgIpc) is 3.18. The molecule has 136 valence electrons. The Morgan fingerprint density at radius 3 is 2.72 bits per heavy atom. The van der Waals surface area contributed by atoms with Gasteiger partial charge in [0.05, 0.1) is 0 Å². The number of halogens is 1. The van der Waals surface area contributed by atoms with Crippen LogP contribution < -0.4 is 15.2 Å². The second kappa shape index (κ2) is 6.36. The Morgan fingerprint density at radius 2 is 1.92 bits per heavy atom. The molecular weight excluding hydrogens is 340 g/mol. The summed E-state index contributed by atoms with van der Waals surface area (Å²) < 4.78 is 11.2. The van der Waals surface area contributed by atoms with Crippen molar-refractivity contribution in [2.75, 3.05) is 26.3 Å². The van der Waals surface area contributed by atoms with Crippen molar-refractivity contribution < 1.29 is 14.3 Å². The van der Waals surface area contributed by atoms with Gasteiger partial charge in [0, 0.05) is 25.0 Å². The van der Waals surface area contributed by atoms with Gasteiger partial charge >= 0.3 is 0 Å². The highest BCUT2D eigenvalue weighted by molar-refractivity contribution is 5.85.